The molecule has 0 spiro atoms. The Balaban J connectivity index is 1.52. The molecule has 29 heavy (non-hydrogen) atoms. The smallest absolute Gasteiger partial charge is 0.233 e. The second-order valence-corrected chi connectivity index (χ2v) is 11.2. The number of aromatic nitrogens is 2. The Morgan fingerprint density at radius 2 is 1.93 bits per heavy atom. The number of carbonyl (C=O) groups excluding carboxylic acids is 1. The summed E-state index contributed by atoms with van der Waals surface area (Å²) in [5, 5.41) is 0.852. The lowest BCUT2D eigenvalue weighted by molar-refractivity contribution is -0.133. The van der Waals surface area contributed by atoms with Crippen LogP contribution in [0.25, 0.3) is 11.0 Å². The summed E-state index contributed by atoms with van der Waals surface area (Å²) in [5.74, 6) is 0.676. The first-order valence-electron chi connectivity index (χ1n) is 10.6. The predicted molar refractivity (Wildman–Crippen MR) is 117 cm³/mol. The van der Waals surface area contributed by atoms with Gasteiger partial charge in [-0.3, -0.25) is 4.79 Å². The third-order valence-electron chi connectivity index (χ3n) is 6.12. The number of imidazole rings is 1. The first-order chi connectivity index (χ1) is 14.0. The van der Waals surface area contributed by atoms with Gasteiger partial charge in [0.2, 0.25) is 5.91 Å². The van der Waals surface area contributed by atoms with Crippen LogP contribution < -0.4 is 0 Å². The maximum absolute atomic E-state index is 13.3. The summed E-state index contributed by atoms with van der Waals surface area (Å²) >= 11 is 1.47. The highest BCUT2D eigenvalue weighted by Crippen LogP contribution is 2.30. The molecule has 1 amide bonds. The molecular formula is C21H29N3O3S2. The average Bonchev–Trinajstić information content (AvgIpc) is 3.26. The SMILES string of the molecule is CCn1c(SCC(=O)N(C2CCCCC2)C2CCS(=O)(=O)C2)nc2ccccc21. The maximum Gasteiger partial charge on any atom is 0.233 e. The van der Waals surface area contributed by atoms with Crippen LogP contribution >= 0.6 is 11.8 Å². The molecular weight excluding hydrogens is 406 g/mol. The molecule has 8 heteroatoms. The molecule has 1 aliphatic heterocycles. The third-order valence-corrected chi connectivity index (χ3v) is 8.83. The number of sulfone groups is 1. The minimum absolute atomic E-state index is 0.0544. The normalized spacial score (nSPS) is 22.2. The zero-order valence-electron chi connectivity index (χ0n) is 16.9. The van der Waals surface area contributed by atoms with Crippen LogP contribution in [-0.4, -0.2) is 58.1 Å². The molecule has 1 unspecified atom stereocenters. The topological polar surface area (TPSA) is 72.3 Å². The second-order valence-electron chi connectivity index (χ2n) is 8.07. The number of para-hydroxylation sites is 2. The largest absolute Gasteiger partial charge is 0.335 e. The molecule has 6 nitrogen and oxygen atoms in total. The van der Waals surface area contributed by atoms with Crippen molar-refractivity contribution in [3.8, 4) is 0 Å². The van der Waals surface area contributed by atoms with Gasteiger partial charge in [0.05, 0.1) is 28.3 Å². The summed E-state index contributed by atoms with van der Waals surface area (Å²) in [6.45, 7) is 2.88. The minimum atomic E-state index is -3.02. The second kappa shape index (κ2) is 8.68. The van der Waals surface area contributed by atoms with E-state index in [1.54, 1.807) is 0 Å². The summed E-state index contributed by atoms with van der Waals surface area (Å²) in [6, 6.07) is 8.03. The van der Waals surface area contributed by atoms with Gasteiger partial charge < -0.3 is 9.47 Å². The molecule has 1 aliphatic carbocycles. The van der Waals surface area contributed by atoms with Crippen molar-refractivity contribution in [1.82, 2.24) is 14.5 Å². The predicted octanol–water partition coefficient (Wildman–Crippen LogP) is 3.50. The monoisotopic (exact) mass is 435 g/mol. The van der Waals surface area contributed by atoms with Crippen molar-refractivity contribution in [3.05, 3.63) is 24.3 Å². The number of benzene rings is 1. The van der Waals surface area contributed by atoms with Crippen molar-refractivity contribution in [2.75, 3.05) is 17.3 Å². The van der Waals surface area contributed by atoms with Crippen molar-refractivity contribution < 1.29 is 13.2 Å². The van der Waals surface area contributed by atoms with E-state index in [2.05, 4.69) is 17.6 Å². The Kier molecular flexibility index (Phi) is 6.20. The summed E-state index contributed by atoms with van der Waals surface area (Å²) < 4.78 is 26.3. The van der Waals surface area contributed by atoms with E-state index in [9.17, 15) is 13.2 Å². The highest BCUT2D eigenvalue weighted by molar-refractivity contribution is 7.99. The van der Waals surface area contributed by atoms with Crippen LogP contribution in [0.2, 0.25) is 0 Å². The molecule has 1 saturated carbocycles. The van der Waals surface area contributed by atoms with E-state index >= 15 is 0 Å². The zero-order chi connectivity index (χ0) is 20.4. The number of amides is 1. The van der Waals surface area contributed by atoms with Crippen molar-refractivity contribution in [3.63, 3.8) is 0 Å². The van der Waals surface area contributed by atoms with Gasteiger partial charge in [-0.25, -0.2) is 13.4 Å². The molecule has 1 aromatic carbocycles. The summed E-state index contributed by atoms with van der Waals surface area (Å²) in [5.41, 5.74) is 2.02. The van der Waals surface area contributed by atoms with Crippen molar-refractivity contribution >= 4 is 38.5 Å². The van der Waals surface area contributed by atoms with Crippen molar-refractivity contribution in [2.45, 2.75) is 69.2 Å². The lowest BCUT2D eigenvalue weighted by Crippen LogP contribution is -2.49. The number of hydrogen-bond acceptors (Lipinski definition) is 5. The van der Waals surface area contributed by atoms with Gasteiger partial charge in [0.1, 0.15) is 0 Å². The minimum Gasteiger partial charge on any atom is -0.335 e. The van der Waals surface area contributed by atoms with E-state index < -0.39 is 9.84 Å². The molecule has 2 aliphatic rings. The molecule has 1 saturated heterocycles. The van der Waals surface area contributed by atoms with E-state index in [0.717, 1.165) is 48.4 Å². The van der Waals surface area contributed by atoms with E-state index in [4.69, 9.17) is 4.98 Å². The molecule has 4 rings (SSSR count). The Hall–Kier alpha value is -1.54. The van der Waals surface area contributed by atoms with Gasteiger partial charge >= 0.3 is 0 Å². The van der Waals surface area contributed by atoms with Gasteiger partial charge in [0.15, 0.2) is 15.0 Å². The summed E-state index contributed by atoms with van der Waals surface area (Å²) in [7, 11) is -3.02. The Labute approximate surface area is 177 Å². The summed E-state index contributed by atoms with van der Waals surface area (Å²) in [4.78, 5) is 19.9. The average molecular weight is 436 g/mol. The van der Waals surface area contributed by atoms with Gasteiger partial charge in [-0.15, -0.1) is 0 Å². The van der Waals surface area contributed by atoms with Gasteiger partial charge in [0, 0.05) is 18.6 Å². The van der Waals surface area contributed by atoms with Crippen molar-refractivity contribution in [2.24, 2.45) is 0 Å². The lowest BCUT2D eigenvalue weighted by atomic mass is 9.93. The number of fused-ring (bicyclic) bond motifs is 1. The fraction of sp³-hybridized carbons (Fsp3) is 0.619. The van der Waals surface area contributed by atoms with Gasteiger partial charge in [-0.1, -0.05) is 43.2 Å². The standard InChI is InChI=1S/C21H29N3O3S2/c1-2-23-19-11-7-6-10-18(19)22-21(23)28-14-20(25)24(16-8-4-3-5-9-16)17-12-13-29(26,27)15-17/h6-7,10-11,16-17H,2-5,8-9,12-15H2,1H3. The Morgan fingerprint density at radius 1 is 1.17 bits per heavy atom. The highest BCUT2D eigenvalue weighted by atomic mass is 32.2. The zero-order valence-corrected chi connectivity index (χ0v) is 18.6. The number of carbonyl (C=O) groups is 1. The van der Waals surface area contributed by atoms with Crippen LogP contribution in [0.5, 0.6) is 0 Å². The highest BCUT2D eigenvalue weighted by Gasteiger charge is 2.38. The van der Waals surface area contributed by atoms with Gasteiger partial charge in [0.25, 0.3) is 0 Å². The Morgan fingerprint density at radius 3 is 2.62 bits per heavy atom. The first kappa shape index (κ1) is 20.7. The molecule has 0 N–H and O–H groups in total. The van der Waals surface area contributed by atoms with Crippen LogP contribution in [-0.2, 0) is 21.2 Å². The number of thioether (sulfide) groups is 1. The molecule has 0 radical (unpaired) electrons. The van der Waals surface area contributed by atoms with Crippen LogP contribution in [0.3, 0.4) is 0 Å². The number of aryl methyl sites for hydroxylation is 1. The quantitative estimate of drug-likeness (QED) is 0.650. The Bertz CT molecular complexity index is 980. The lowest BCUT2D eigenvalue weighted by Gasteiger charge is -2.38. The van der Waals surface area contributed by atoms with Crippen LogP contribution in [0.4, 0.5) is 0 Å². The van der Waals surface area contributed by atoms with E-state index in [1.807, 2.05) is 23.1 Å². The van der Waals surface area contributed by atoms with Crippen molar-refractivity contribution in [1.29, 1.82) is 0 Å². The van der Waals surface area contributed by atoms with Gasteiger partial charge in [-0.2, -0.15) is 0 Å². The molecule has 2 aromatic rings. The maximum atomic E-state index is 13.3. The van der Waals surface area contributed by atoms with E-state index in [-0.39, 0.29) is 29.5 Å². The number of hydrogen-bond donors (Lipinski definition) is 0. The van der Waals surface area contributed by atoms with Crippen LogP contribution in [0.1, 0.15) is 45.4 Å². The van der Waals surface area contributed by atoms with Gasteiger partial charge in [-0.05, 0) is 38.3 Å². The van der Waals surface area contributed by atoms with E-state index in [1.165, 1.54) is 18.2 Å². The molecule has 0 bridgehead atoms. The first-order valence-corrected chi connectivity index (χ1v) is 13.4. The fourth-order valence-corrected chi connectivity index (χ4v) is 7.39. The molecule has 2 fully saturated rings. The summed E-state index contributed by atoms with van der Waals surface area (Å²) in [6.07, 6.45) is 5.99. The molecule has 2 heterocycles. The number of nitrogens with zero attached hydrogens (tertiary/aromatic N) is 3. The fourth-order valence-electron chi connectivity index (χ4n) is 4.73. The third kappa shape index (κ3) is 4.48. The van der Waals surface area contributed by atoms with E-state index in [0.29, 0.717) is 12.2 Å². The van der Waals surface area contributed by atoms with Crippen LogP contribution in [0, 0.1) is 0 Å². The molecule has 158 valence electrons. The van der Waals surface area contributed by atoms with Crippen LogP contribution in [0.15, 0.2) is 29.4 Å². The number of rotatable bonds is 6. The molecule has 1 aromatic heterocycles. The molecule has 1 atom stereocenters.